The quantitative estimate of drug-likeness (QED) is 0.865. The molecule has 1 atom stereocenters. The first-order valence-electron chi connectivity index (χ1n) is 8.74. The monoisotopic (exact) mass is 370 g/mol. The molecule has 1 saturated carbocycles. The van der Waals surface area contributed by atoms with E-state index in [2.05, 4.69) is 15.8 Å². The van der Waals surface area contributed by atoms with Gasteiger partial charge < -0.3 is 15.2 Å². The molecule has 7 nitrogen and oxygen atoms in total. The molecule has 27 heavy (non-hydrogen) atoms. The number of rotatable bonds is 4. The predicted octanol–water partition coefficient (Wildman–Crippen LogP) is 3.26. The van der Waals surface area contributed by atoms with Gasteiger partial charge in [-0.05, 0) is 44.4 Å². The van der Waals surface area contributed by atoms with Crippen LogP contribution < -0.4 is 10.6 Å². The van der Waals surface area contributed by atoms with Crippen molar-refractivity contribution in [2.75, 3.05) is 5.32 Å². The number of urea groups is 1. The van der Waals surface area contributed by atoms with Gasteiger partial charge in [-0.25, -0.2) is 9.18 Å². The van der Waals surface area contributed by atoms with Gasteiger partial charge in [-0.3, -0.25) is 9.69 Å². The summed E-state index contributed by atoms with van der Waals surface area (Å²) < 4.78 is 18.7. The number of carbonyl (C=O) groups excluding carboxylic acids is 2. The maximum atomic E-state index is 13.7. The highest BCUT2D eigenvalue weighted by molar-refractivity contribution is 6.06. The molecule has 2 N–H and O–H groups in total. The Bertz CT molecular complexity index is 948. The first-order valence-corrected chi connectivity index (χ1v) is 8.74. The third kappa shape index (κ3) is 3.30. The van der Waals surface area contributed by atoms with Crippen LogP contribution in [0.1, 0.15) is 37.1 Å². The number of aromatic nitrogens is 1. The smallest absolute Gasteiger partial charge is 0.322 e. The van der Waals surface area contributed by atoms with Crippen molar-refractivity contribution < 1.29 is 18.5 Å². The summed E-state index contributed by atoms with van der Waals surface area (Å²) in [7, 11) is 0. The average molecular weight is 370 g/mol. The number of hydrogen-bond acceptors (Lipinski definition) is 4. The second-order valence-corrected chi connectivity index (χ2v) is 6.81. The van der Waals surface area contributed by atoms with E-state index in [0.717, 1.165) is 12.8 Å². The normalized spacial score (nSPS) is 19.9. The Labute approximate surface area is 155 Å². The van der Waals surface area contributed by atoms with Gasteiger partial charge in [0.15, 0.2) is 5.82 Å². The van der Waals surface area contributed by atoms with Crippen LogP contribution in [0.25, 0.3) is 0 Å². The van der Waals surface area contributed by atoms with Crippen molar-refractivity contribution in [1.82, 2.24) is 15.4 Å². The molecule has 2 aliphatic rings. The lowest BCUT2D eigenvalue weighted by Crippen LogP contribution is -2.49. The molecule has 0 spiro atoms. The molecule has 0 bridgehead atoms. The van der Waals surface area contributed by atoms with Crippen LogP contribution >= 0.6 is 0 Å². The number of hydrogen-bond donors (Lipinski definition) is 2. The molecule has 0 saturated heterocycles. The number of allylic oxidation sites excluding steroid dienone is 1. The van der Waals surface area contributed by atoms with E-state index in [-0.39, 0.29) is 17.9 Å². The highest BCUT2D eigenvalue weighted by atomic mass is 19.1. The first-order chi connectivity index (χ1) is 12.9. The van der Waals surface area contributed by atoms with Gasteiger partial charge in [0.1, 0.15) is 11.6 Å². The second-order valence-electron chi connectivity index (χ2n) is 6.81. The van der Waals surface area contributed by atoms with E-state index in [1.54, 1.807) is 36.9 Å². The maximum absolute atomic E-state index is 13.7. The topological polar surface area (TPSA) is 87.5 Å². The highest BCUT2D eigenvalue weighted by Gasteiger charge is 2.42. The standard InChI is InChI=1S/C19H19FN4O3/c1-10-8-15(23-27-10)21-18(25)16-11(2)24(14-6-7-14)19(26)22-17(16)12-4-3-5-13(20)9-12/h3-5,8-9,14,17H,6-7H2,1-2H3,(H,22,26)(H,21,23,25). The predicted molar refractivity (Wildman–Crippen MR) is 95.1 cm³/mol. The van der Waals surface area contributed by atoms with E-state index in [1.165, 1.54) is 12.1 Å². The lowest BCUT2D eigenvalue weighted by molar-refractivity contribution is -0.113. The molecule has 1 aliphatic carbocycles. The molecule has 140 valence electrons. The Morgan fingerprint density at radius 3 is 2.74 bits per heavy atom. The van der Waals surface area contributed by atoms with Crippen LogP contribution in [0.2, 0.25) is 0 Å². The lowest BCUT2D eigenvalue weighted by atomic mass is 9.94. The third-order valence-corrected chi connectivity index (χ3v) is 4.73. The van der Waals surface area contributed by atoms with Crippen molar-refractivity contribution in [3.63, 3.8) is 0 Å². The highest BCUT2D eigenvalue weighted by Crippen LogP contribution is 2.37. The fourth-order valence-corrected chi connectivity index (χ4v) is 3.37. The number of benzene rings is 1. The van der Waals surface area contributed by atoms with Crippen molar-refractivity contribution in [3.8, 4) is 0 Å². The van der Waals surface area contributed by atoms with E-state index >= 15 is 0 Å². The minimum Gasteiger partial charge on any atom is -0.360 e. The van der Waals surface area contributed by atoms with Gasteiger partial charge in [0, 0.05) is 17.8 Å². The summed E-state index contributed by atoms with van der Waals surface area (Å²) >= 11 is 0. The number of nitrogens with zero attached hydrogens (tertiary/aromatic N) is 2. The zero-order valence-corrected chi connectivity index (χ0v) is 15.0. The minimum absolute atomic E-state index is 0.0931. The van der Waals surface area contributed by atoms with Crippen molar-refractivity contribution >= 4 is 17.8 Å². The van der Waals surface area contributed by atoms with Gasteiger partial charge in [0.25, 0.3) is 5.91 Å². The minimum atomic E-state index is -0.754. The Morgan fingerprint density at radius 1 is 1.33 bits per heavy atom. The van der Waals surface area contributed by atoms with E-state index in [4.69, 9.17) is 4.52 Å². The molecule has 1 aromatic heterocycles. The molecule has 0 radical (unpaired) electrons. The number of amides is 3. The summed E-state index contributed by atoms with van der Waals surface area (Å²) in [5.41, 5.74) is 1.42. The molecule has 1 fully saturated rings. The van der Waals surface area contributed by atoms with Crippen molar-refractivity contribution in [2.24, 2.45) is 0 Å². The van der Waals surface area contributed by atoms with E-state index in [9.17, 15) is 14.0 Å². The van der Waals surface area contributed by atoms with Crippen LogP contribution in [0.5, 0.6) is 0 Å². The SMILES string of the molecule is CC1=C(C(=O)Nc2cc(C)on2)C(c2cccc(F)c2)NC(=O)N1C1CC1. The summed E-state index contributed by atoms with van der Waals surface area (Å²) in [5.74, 6) is -0.00322. The summed E-state index contributed by atoms with van der Waals surface area (Å²) in [5, 5.41) is 9.32. The van der Waals surface area contributed by atoms with Gasteiger partial charge in [-0.2, -0.15) is 0 Å². The van der Waals surface area contributed by atoms with Crippen LogP contribution in [0, 0.1) is 12.7 Å². The largest absolute Gasteiger partial charge is 0.360 e. The molecule has 2 heterocycles. The van der Waals surface area contributed by atoms with Crippen LogP contribution in [0.4, 0.5) is 15.0 Å². The van der Waals surface area contributed by atoms with Crippen LogP contribution in [-0.2, 0) is 4.79 Å². The summed E-state index contributed by atoms with van der Waals surface area (Å²) in [6.07, 6.45) is 1.79. The average Bonchev–Trinajstić information content (AvgIpc) is 3.36. The number of halogens is 1. The van der Waals surface area contributed by atoms with Gasteiger partial charge in [-0.1, -0.05) is 17.3 Å². The zero-order valence-electron chi connectivity index (χ0n) is 15.0. The van der Waals surface area contributed by atoms with Gasteiger partial charge >= 0.3 is 6.03 Å². The van der Waals surface area contributed by atoms with Crippen LogP contribution in [0.15, 0.2) is 46.1 Å². The Kier molecular flexibility index (Phi) is 4.18. The van der Waals surface area contributed by atoms with Gasteiger partial charge in [-0.15, -0.1) is 0 Å². The zero-order chi connectivity index (χ0) is 19.1. The Hall–Kier alpha value is -3.16. The molecule has 1 aliphatic heterocycles. The van der Waals surface area contributed by atoms with Crippen molar-refractivity contribution in [3.05, 3.63) is 58.7 Å². The second kappa shape index (κ2) is 6.53. The Balaban J connectivity index is 1.74. The molecule has 1 unspecified atom stereocenters. The molecule has 8 heteroatoms. The maximum Gasteiger partial charge on any atom is 0.322 e. The molecular weight excluding hydrogens is 351 g/mol. The van der Waals surface area contributed by atoms with E-state index < -0.39 is 17.8 Å². The van der Waals surface area contributed by atoms with Crippen molar-refractivity contribution in [1.29, 1.82) is 0 Å². The Morgan fingerprint density at radius 2 is 2.11 bits per heavy atom. The van der Waals surface area contributed by atoms with E-state index in [0.29, 0.717) is 22.6 Å². The van der Waals surface area contributed by atoms with Crippen LogP contribution in [-0.4, -0.2) is 28.0 Å². The summed E-state index contributed by atoms with van der Waals surface area (Å²) in [4.78, 5) is 27.3. The molecular formula is C19H19FN4O3. The molecule has 3 amide bonds. The van der Waals surface area contributed by atoms with Gasteiger partial charge in [0.2, 0.25) is 0 Å². The number of nitrogens with one attached hydrogen (secondary N) is 2. The fourth-order valence-electron chi connectivity index (χ4n) is 3.37. The first kappa shape index (κ1) is 17.3. The van der Waals surface area contributed by atoms with Crippen molar-refractivity contribution in [2.45, 2.75) is 38.8 Å². The third-order valence-electron chi connectivity index (χ3n) is 4.73. The summed E-state index contributed by atoms with van der Waals surface area (Å²) in [6, 6.07) is 6.53. The number of anilines is 1. The van der Waals surface area contributed by atoms with Gasteiger partial charge in [0.05, 0.1) is 11.6 Å². The molecule has 4 rings (SSSR count). The molecule has 1 aromatic carbocycles. The fraction of sp³-hybridized carbons (Fsp3) is 0.316. The summed E-state index contributed by atoms with van der Waals surface area (Å²) in [6.45, 7) is 3.46. The van der Waals surface area contributed by atoms with E-state index in [1.807, 2.05) is 0 Å². The number of aryl methyl sites for hydroxylation is 1. The molecule has 2 aromatic rings. The number of carbonyl (C=O) groups is 2. The van der Waals surface area contributed by atoms with Crippen LogP contribution in [0.3, 0.4) is 0 Å². The lowest BCUT2D eigenvalue weighted by Gasteiger charge is -2.35.